The van der Waals surface area contributed by atoms with Crippen molar-refractivity contribution >= 4 is 23.8 Å². The number of aliphatic carboxylic acids is 3. The molecule has 0 aromatic heterocycles. The van der Waals surface area contributed by atoms with Crippen molar-refractivity contribution in [1.82, 2.24) is 10.6 Å². The minimum atomic E-state index is -1.42. The second-order valence-electron chi connectivity index (χ2n) is 6.73. The summed E-state index contributed by atoms with van der Waals surface area (Å²) in [7, 11) is 0. The van der Waals surface area contributed by atoms with Gasteiger partial charge in [-0.25, -0.2) is 4.79 Å². The van der Waals surface area contributed by atoms with Gasteiger partial charge in [0.1, 0.15) is 6.04 Å². The highest BCUT2D eigenvalue weighted by Crippen LogP contribution is 2.25. The molecule has 0 saturated carbocycles. The molecule has 0 bridgehead atoms. The molecule has 4 atom stereocenters. The molecule has 0 aromatic carbocycles. The average Bonchev–Trinajstić information content (AvgIpc) is 2.59. The number of amides is 1. The first-order chi connectivity index (χ1) is 13.1. The number of nitrogens with one attached hydrogen (secondary N) is 2. The summed E-state index contributed by atoms with van der Waals surface area (Å²) in [6, 6.07) is -3.01. The minimum Gasteiger partial charge on any atom is -0.481 e. The zero-order valence-electron chi connectivity index (χ0n) is 16.2. The summed E-state index contributed by atoms with van der Waals surface area (Å²) in [6.07, 6.45) is 0.921. The molecule has 5 N–H and O–H groups in total. The normalized spacial score (nSPS) is 23.0. The summed E-state index contributed by atoms with van der Waals surface area (Å²) in [5, 5.41) is 33.1. The lowest BCUT2D eigenvalue weighted by molar-refractivity contribution is -0.146. The lowest BCUT2D eigenvalue weighted by Gasteiger charge is -2.39. The van der Waals surface area contributed by atoms with Crippen molar-refractivity contribution < 1.29 is 39.2 Å². The van der Waals surface area contributed by atoms with Crippen LogP contribution in [0.1, 0.15) is 46.5 Å². The summed E-state index contributed by atoms with van der Waals surface area (Å²) in [4.78, 5) is 45.6. The van der Waals surface area contributed by atoms with Gasteiger partial charge in [0.15, 0.2) is 0 Å². The van der Waals surface area contributed by atoms with Crippen LogP contribution in [-0.4, -0.2) is 69.5 Å². The Balaban J connectivity index is 3.27. The first-order valence-corrected chi connectivity index (χ1v) is 9.16. The fourth-order valence-corrected chi connectivity index (χ4v) is 3.19. The lowest BCUT2D eigenvalue weighted by atomic mass is 9.86. The van der Waals surface area contributed by atoms with Crippen molar-refractivity contribution in [1.29, 1.82) is 0 Å². The van der Waals surface area contributed by atoms with Gasteiger partial charge in [-0.1, -0.05) is 13.8 Å². The van der Waals surface area contributed by atoms with Crippen LogP contribution in [-0.2, 0) is 23.9 Å². The van der Waals surface area contributed by atoms with Crippen molar-refractivity contribution in [2.75, 3.05) is 0 Å². The van der Waals surface area contributed by atoms with Gasteiger partial charge in [0.25, 0.3) is 0 Å². The maximum atomic E-state index is 11.6. The van der Waals surface area contributed by atoms with Crippen LogP contribution in [0.25, 0.3) is 0 Å². The average molecular weight is 400 g/mol. The molecule has 1 rings (SSSR count). The Kier molecular flexibility index (Phi) is 9.07. The lowest BCUT2D eigenvalue weighted by Crippen LogP contribution is -2.61. The first-order valence-electron chi connectivity index (χ1n) is 9.16. The molecular formula is C18H28N2O8. The molecule has 0 radical (unpaired) electrons. The Labute approximate surface area is 162 Å². The molecule has 0 fully saturated rings. The summed E-state index contributed by atoms with van der Waals surface area (Å²) >= 11 is 0. The number of carbonyl (C=O) groups excluding carboxylic acids is 1. The third-order valence-corrected chi connectivity index (χ3v) is 4.59. The van der Waals surface area contributed by atoms with Gasteiger partial charge in [-0.2, -0.15) is 0 Å². The van der Waals surface area contributed by atoms with E-state index in [1.165, 1.54) is 13.0 Å². The van der Waals surface area contributed by atoms with Gasteiger partial charge in [0.05, 0.1) is 30.7 Å². The van der Waals surface area contributed by atoms with Gasteiger partial charge in [0, 0.05) is 18.9 Å². The van der Waals surface area contributed by atoms with Gasteiger partial charge >= 0.3 is 17.9 Å². The zero-order chi connectivity index (χ0) is 21.4. The quantitative estimate of drug-likeness (QED) is 0.330. The molecule has 10 nitrogen and oxygen atoms in total. The molecule has 0 heterocycles. The van der Waals surface area contributed by atoms with Gasteiger partial charge < -0.3 is 25.4 Å². The summed E-state index contributed by atoms with van der Waals surface area (Å²) in [5.41, 5.74) is 0.0397. The van der Waals surface area contributed by atoms with E-state index in [4.69, 9.17) is 9.84 Å². The molecule has 0 saturated heterocycles. The molecule has 0 aromatic rings. The highest BCUT2D eigenvalue weighted by molar-refractivity contribution is 5.87. The Bertz CT molecular complexity index is 629. The Morgan fingerprint density at radius 3 is 2.21 bits per heavy atom. The van der Waals surface area contributed by atoms with Crippen LogP contribution in [0, 0.1) is 0 Å². The molecule has 158 valence electrons. The third-order valence-electron chi connectivity index (χ3n) is 4.59. The number of rotatable bonds is 11. The molecule has 1 unspecified atom stereocenters. The summed E-state index contributed by atoms with van der Waals surface area (Å²) < 4.78 is 5.99. The molecule has 0 aliphatic heterocycles. The topological polar surface area (TPSA) is 162 Å². The largest absolute Gasteiger partial charge is 0.481 e. The molecule has 1 aliphatic carbocycles. The Morgan fingerprint density at radius 1 is 1.18 bits per heavy atom. The van der Waals surface area contributed by atoms with E-state index in [9.17, 15) is 29.4 Å². The monoisotopic (exact) mass is 400 g/mol. The smallest absolute Gasteiger partial charge is 0.331 e. The van der Waals surface area contributed by atoms with Crippen LogP contribution in [0.2, 0.25) is 0 Å². The van der Waals surface area contributed by atoms with Gasteiger partial charge in [-0.3, -0.25) is 19.7 Å². The van der Waals surface area contributed by atoms with Crippen molar-refractivity contribution in [3.05, 3.63) is 11.6 Å². The molecule has 1 aliphatic rings. The van der Waals surface area contributed by atoms with Crippen LogP contribution in [0.15, 0.2) is 11.6 Å². The summed E-state index contributed by atoms with van der Waals surface area (Å²) in [5.74, 6) is -4.24. The predicted octanol–water partition coefficient (Wildman–Crippen LogP) is 0.366. The van der Waals surface area contributed by atoms with E-state index < -0.39 is 54.5 Å². The van der Waals surface area contributed by atoms with Crippen molar-refractivity contribution in [3.63, 3.8) is 0 Å². The SMILES string of the molecule is CCC(CC)O[C@@H]1C=C(C(=O)O)C[C@H](NC(C)=O)[C@H]1NC(CC(=O)O)C(=O)O. The number of hydrogen-bond acceptors (Lipinski definition) is 6. The Hall–Kier alpha value is -2.46. The second-order valence-corrected chi connectivity index (χ2v) is 6.73. The van der Waals surface area contributed by atoms with E-state index in [1.807, 2.05) is 13.8 Å². The molecule has 28 heavy (non-hydrogen) atoms. The number of carboxylic acids is 3. The number of ether oxygens (including phenoxy) is 1. The van der Waals surface area contributed by atoms with E-state index in [1.54, 1.807) is 0 Å². The second kappa shape index (κ2) is 10.8. The van der Waals surface area contributed by atoms with E-state index >= 15 is 0 Å². The number of carbonyl (C=O) groups is 4. The molecular weight excluding hydrogens is 372 g/mol. The number of carboxylic acid groups (broad SMARTS) is 3. The third kappa shape index (κ3) is 6.93. The van der Waals surface area contributed by atoms with Gasteiger partial charge in [-0.05, 0) is 18.9 Å². The standard InChI is InChI=1S/C18H28N2O8/c1-4-11(5-2)28-14-7-10(17(24)25)6-12(19-9(3)21)16(14)20-13(18(26)27)8-15(22)23/h7,11-14,16,20H,4-6,8H2,1-3H3,(H,19,21)(H,22,23)(H,24,25)(H,26,27)/t12-,13?,14+,16+/m0/s1. The van der Waals surface area contributed by atoms with Gasteiger partial charge in [-0.15, -0.1) is 0 Å². The minimum absolute atomic E-state index is 0.0397. The highest BCUT2D eigenvalue weighted by atomic mass is 16.5. The highest BCUT2D eigenvalue weighted by Gasteiger charge is 2.39. The maximum absolute atomic E-state index is 11.6. The van der Waals surface area contributed by atoms with Crippen LogP contribution in [0.4, 0.5) is 0 Å². The zero-order valence-corrected chi connectivity index (χ0v) is 16.2. The van der Waals surface area contributed by atoms with Crippen molar-refractivity contribution in [2.24, 2.45) is 0 Å². The fraction of sp³-hybridized carbons (Fsp3) is 0.667. The fourth-order valence-electron chi connectivity index (χ4n) is 3.19. The first kappa shape index (κ1) is 23.6. The van der Waals surface area contributed by atoms with E-state index in [2.05, 4.69) is 10.6 Å². The maximum Gasteiger partial charge on any atom is 0.331 e. The van der Waals surface area contributed by atoms with Crippen LogP contribution < -0.4 is 10.6 Å². The van der Waals surface area contributed by atoms with Crippen LogP contribution in [0.3, 0.4) is 0 Å². The molecule has 10 heteroatoms. The van der Waals surface area contributed by atoms with Crippen LogP contribution >= 0.6 is 0 Å². The summed E-state index contributed by atoms with van der Waals surface area (Å²) in [6.45, 7) is 5.06. The van der Waals surface area contributed by atoms with Crippen LogP contribution in [0.5, 0.6) is 0 Å². The van der Waals surface area contributed by atoms with Crippen molar-refractivity contribution in [2.45, 2.75) is 76.8 Å². The molecule has 0 spiro atoms. The van der Waals surface area contributed by atoms with E-state index in [0.717, 1.165) is 0 Å². The Morgan fingerprint density at radius 2 is 1.79 bits per heavy atom. The van der Waals surface area contributed by atoms with E-state index in [-0.39, 0.29) is 18.1 Å². The van der Waals surface area contributed by atoms with E-state index in [0.29, 0.717) is 12.8 Å². The molecule has 1 amide bonds. The van der Waals surface area contributed by atoms with Crippen molar-refractivity contribution in [3.8, 4) is 0 Å². The van der Waals surface area contributed by atoms with Gasteiger partial charge in [0.2, 0.25) is 5.91 Å². The number of hydrogen-bond donors (Lipinski definition) is 5. The predicted molar refractivity (Wildman–Crippen MR) is 97.8 cm³/mol.